The molecule has 2 saturated heterocycles. The van der Waals surface area contributed by atoms with E-state index < -0.39 is 0 Å². The normalized spacial score (nSPS) is 23.4. The van der Waals surface area contributed by atoms with E-state index in [4.69, 9.17) is 9.47 Å². The lowest BCUT2D eigenvalue weighted by Gasteiger charge is -2.18. The summed E-state index contributed by atoms with van der Waals surface area (Å²) >= 11 is 0. The number of carbonyl (C=O) groups is 1. The van der Waals surface area contributed by atoms with E-state index in [1.165, 1.54) is 5.56 Å². The van der Waals surface area contributed by atoms with Crippen LogP contribution in [0.1, 0.15) is 27.7 Å². The highest BCUT2D eigenvalue weighted by Gasteiger charge is 2.49. The third-order valence-corrected chi connectivity index (χ3v) is 6.61. The molecule has 0 saturated carbocycles. The minimum absolute atomic E-state index is 0.0676. The van der Waals surface area contributed by atoms with Gasteiger partial charge in [0.15, 0.2) is 0 Å². The number of ether oxygens (including phenoxy) is 2. The fourth-order valence-electron chi connectivity index (χ4n) is 4.77. The number of anilines is 1. The van der Waals surface area contributed by atoms with Gasteiger partial charge in [-0.15, -0.1) is 5.10 Å². The summed E-state index contributed by atoms with van der Waals surface area (Å²) in [5, 5.41) is 11.8. The molecule has 184 valence electrons. The maximum Gasteiger partial charge on any atom is 0.251 e. The minimum Gasteiger partial charge on any atom is -0.378 e. The maximum absolute atomic E-state index is 12.8. The molecule has 2 aromatic carbocycles. The Morgan fingerprint density at radius 1 is 1.00 bits per heavy atom. The molecule has 1 amide bonds. The van der Waals surface area contributed by atoms with E-state index in [1.54, 1.807) is 0 Å². The Labute approximate surface area is 205 Å². The monoisotopic (exact) mass is 476 g/mol. The summed E-state index contributed by atoms with van der Waals surface area (Å²) in [4.78, 5) is 17.0. The average molecular weight is 477 g/mol. The second kappa shape index (κ2) is 10.2. The number of aromatic nitrogens is 3. The Morgan fingerprint density at radius 3 is 2.49 bits per heavy atom. The third-order valence-electron chi connectivity index (χ3n) is 6.61. The van der Waals surface area contributed by atoms with Crippen molar-refractivity contribution in [2.24, 2.45) is 0 Å². The van der Waals surface area contributed by atoms with Crippen molar-refractivity contribution in [2.45, 2.75) is 37.4 Å². The van der Waals surface area contributed by atoms with Gasteiger partial charge in [0.1, 0.15) is 18.2 Å². The molecule has 3 aromatic rings. The Kier molecular flexibility index (Phi) is 6.81. The fourth-order valence-corrected chi connectivity index (χ4v) is 4.77. The molecular weight excluding hydrogens is 444 g/mol. The number of benzene rings is 2. The first-order chi connectivity index (χ1) is 17.0. The van der Waals surface area contributed by atoms with Crippen LogP contribution in [0.25, 0.3) is 0 Å². The SMILES string of the molecule is CN(Cc1ccccc1)Cc1cn([C@H]2CO[C@H]3[C@@H]2OC[C@@H]3NC(=O)c2ccc(N(C)C)cc2)nn1. The molecule has 2 fully saturated rings. The summed E-state index contributed by atoms with van der Waals surface area (Å²) in [6, 6.07) is 17.6. The Balaban J connectivity index is 1.17. The Hall–Kier alpha value is -3.27. The van der Waals surface area contributed by atoms with E-state index in [1.807, 2.05) is 72.3 Å². The molecule has 2 aliphatic heterocycles. The van der Waals surface area contributed by atoms with Crippen LogP contribution in [0.15, 0.2) is 60.8 Å². The van der Waals surface area contributed by atoms with Crippen molar-refractivity contribution in [3.63, 3.8) is 0 Å². The topological polar surface area (TPSA) is 84.8 Å². The molecule has 35 heavy (non-hydrogen) atoms. The zero-order chi connectivity index (χ0) is 24.4. The zero-order valence-corrected chi connectivity index (χ0v) is 20.4. The molecule has 9 nitrogen and oxygen atoms in total. The zero-order valence-electron chi connectivity index (χ0n) is 20.4. The summed E-state index contributed by atoms with van der Waals surface area (Å²) in [5.41, 5.74) is 3.83. The van der Waals surface area contributed by atoms with Gasteiger partial charge in [-0.3, -0.25) is 9.69 Å². The molecule has 0 unspecified atom stereocenters. The van der Waals surface area contributed by atoms with Gasteiger partial charge in [0.25, 0.3) is 5.91 Å². The highest BCUT2D eigenvalue weighted by Crippen LogP contribution is 2.34. The molecule has 3 heterocycles. The van der Waals surface area contributed by atoms with Crippen LogP contribution in [-0.2, 0) is 22.6 Å². The summed E-state index contributed by atoms with van der Waals surface area (Å²) in [6.45, 7) is 2.42. The van der Waals surface area contributed by atoms with Crippen LogP contribution in [0.4, 0.5) is 5.69 Å². The lowest BCUT2D eigenvalue weighted by Crippen LogP contribution is -2.44. The largest absolute Gasteiger partial charge is 0.378 e. The van der Waals surface area contributed by atoms with Gasteiger partial charge in [0.2, 0.25) is 0 Å². The molecule has 2 aliphatic rings. The average Bonchev–Trinajstić information content (AvgIpc) is 3.57. The van der Waals surface area contributed by atoms with Crippen LogP contribution in [-0.4, -0.2) is 78.4 Å². The number of amides is 1. The van der Waals surface area contributed by atoms with E-state index >= 15 is 0 Å². The van der Waals surface area contributed by atoms with Crippen LogP contribution >= 0.6 is 0 Å². The van der Waals surface area contributed by atoms with E-state index in [0.29, 0.717) is 25.3 Å². The number of rotatable bonds is 8. The number of nitrogens with one attached hydrogen (secondary N) is 1. The maximum atomic E-state index is 12.8. The van der Waals surface area contributed by atoms with Crippen molar-refractivity contribution < 1.29 is 14.3 Å². The number of hydrogen-bond donors (Lipinski definition) is 1. The summed E-state index contributed by atoms with van der Waals surface area (Å²) in [7, 11) is 6.02. The molecular formula is C26H32N6O3. The van der Waals surface area contributed by atoms with E-state index in [-0.39, 0.29) is 30.2 Å². The van der Waals surface area contributed by atoms with Crippen molar-refractivity contribution >= 4 is 11.6 Å². The van der Waals surface area contributed by atoms with Gasteiger partial charge in [-0.2, -0.15) is 0 Å². The van der Waals surface area contributed by atoms with Crippen molar-refractivity contribution in [1.29, 1.82) is 0 Å². The highest BCUT2D eigenvalue weighted by atomic mass is 16.6. The molecule has 9 heteroatoms. The first-order valence-electron chi connectivity index (χ1n) is 11.9. The molecule has 0 spiro atoms. The minimum atomic E-state index is -0.210. The highest BCUT2D eigenvalue weighted by molar-refractivity contribution is 5.94. The molecule has 1 N–H and O–H groups in total. The Morgan fingerprint density at radius 2 is 1.74 bits per heavy atom. The van der Waals surface area contributed by atoms with Gasteiger partial charge in [-0.1, -0.05) is 35.5 Å². The van der Waals surface area contributed by atoms with Gasteiger partial charge in [0.05, 0.1) is 31.1 Å². The van der Waals surface area contributed by atoms with Crippen molar-refractivity contribution in [2.75, 3.05) is 39.3 Å². The number of nitrogens with zero attached hydrogens (tertiary/aromatic N) is 5. The number of hydrogen-bond acceptors (Lipinski definition) is 7. The van der Waals surface area contributed by atoms with E-state index in [9.17, 15) is 4.79 Å². The van der Waals surface area contributed by atoms with Gasteiger partial charge in [-0.25, -0.2) is 4.68 Å². The second-order valence-corrected chi connectivity index (χ2v) is 9.53. The smallest absolute Gasteiger partial charge is 0.251 e. The van der Waals surface area contributed by atoms with E-state index in [2.05, 4.69) is 39.7 Å². The van der Waals surface area contributed by atoms with Gasteiger partial charge < -0.3 is 19.7 Å². The predicted molar refractivity (Wildman–Crippen MR) is 132 cm³/mol. The number of fused-ring (bicyclic) bond motifs is 1. The van der Waals surface area contributed by atoms with Crippen LogP contribution in [0.5, 0.6) is 0 Å². The van der Waals surface area contributed by atoms with Crippen molar-refractivity contribution in [1.82, 2.24) is 25.2 Å². The molecule has 5 rings (SSSR count). The molecule has 1 aromatic heterocycles. The molecule has 0 radical (unpaired) electrons. The van der Waals surface area contributed by atoms with E-state index in [0.717, 1.165) is 17.9 Å². The summed E-state index contributed by atoms with van der Waals surface area (Å²) in [5.74, 6) is -0.124. The van der Waals surface area contributed by atoms with Crippen molar-refractivity contribution in [3.05, 3.63) is 77.6 Å². The molecule has 4 atom stereocenters. The first-order valence-corrected chi connectivity index (χ1v) is 11.9. The van der Waals surface area contributed by atoms with Gasteiger partial charge in [0, 0.05) is 38.4 Å². The van der Waals surface area contributed by atoms with Crippen LogP contribution in [0.3, 0.4) is 0 Å². The lowest BCUT2D eigenvalue weighted by molar-refractivity contribution is 0.0613. The Bertz CT molecular complexity index is 1130. The first kappa shape index (κ1) is 23.5. The van der Waals surface area contributed by atoms with Gasteiger partial charge >= 0.3 is 0 Å². The van der Waals surface area contributed by atoms with Crippen LogP contribution < -0.4 is 10.2 Å². The number of carbonyl (C=O) groups excluding carboxylic acids is 1. The molecule has 0 bridgehead atoms. The van der Waals surface area contributed by atoms with Crippen molar-refractivity contribution in [3.8, 4) is 0 Å². The van der Waals surface area contributed by atoms with Crippen LogP contribution in [0, 0.1) is 0 Å². The quantitative estimate of drug-likeness (QED) is 0.533. The summed E-state index contributed by atoms with van der Waals surface area (Å²) < 4.78 is 14.0. The van der Waals surface area contributed by atoms with Crippen LogP contribution in [0.2, 0.25) is 0 Å². The third kappa shape index (κ3) is 5.22. The molecule has 0 aliphatic carbocycles. The predicted octanol–water partition coefficient (Wildman–Crippen LogP) is 2.11. The van der Waals surface area contributed by atoms with Gasteiger partial charge in [-0.05, 0) is 36.9 Å². The fraction of sp³-hybridized carbons (Fsp3) is 0.423. The summed E-state index contributed by atoms with van der Waals surface area (Å²) in [6.07, 6.45) is 1.59. The second-order valence-electron chi connectivity index (χ2n) is 9.53. The lowest BCUT2D eigenvalue weighted by atomic mass is 10.1. The standard InChI is InChI=1S/C26H32N6O3/c1-30(2)21-11-9-19(10-12-21)26(33)27-22-16-34-25-23(17-35-24(22)25)32-15-20(28-29-32)14-31(3)13-18-7-5-4-6-8-18/h4-12,15,22-25H,13-14,16-17H2,1-3H3,(H,27,33)/t22-,23-,24+,25+/m0/s1.